The molecule has 0 bridgehead atoms. The number of aliphatic hydroxyl groups excluding tert-OH is 1. The van der Waals surface area contributed by atoms with Crippen LogP contribution in [-0.2, 0) is 19.3 Å². The first-order valence-corrected chi connectivity index (χ1v) is 7.49. The average Bonchev–Trinajstić information content (AvgIpc) is 2.94. The zero-order valence-corrected chi connectivity index (χ0v) is 12.2. The molecule has 1 heterocycles. The van der Waals surface area contributed by atoms with Gasteiger partial charge < -0.3 is 15.5 Å². The second-order valence-electron chi connectivity index (χ2n) is 5.51. The van der Waals surface area contributed by atoms with Crippen LogP contribution in [0.15, 0.2) is 23.0 Å². The van der Waals surface area contributed by atoms with Crippen LogP contribution in [0.25, 0.3) is 0 Å². The fourth-order valence-corrected chi connectivity index (χ4v) is 2.81. The molecule has 4 N–H and O–H groups in total. The lowest BCUT2D eigenvalue weighted by Gasteiger charge is -2.09. The largest absolute Gasteiger partial charge is 0.493 e. The van der Waals surface area contributed by atoms with Crippen molar-refractivity contribution in [2.75, 3.05) is 11.9 Å². The zero-order chi connectivity index (χ0) is 15.5. The second kappa shape index (κ2) is 6.19. The number of aromatic nitrogens is 2. The van der Waals surface area contributed by atoms with Crippen LogP contribution in [0.4, 0.5) is 11.6 Å². The highest BCUT2D eigenvalue weighted by Crippen LogP contribution is 2.26. The maximum Gasteiger partial charge on any atom is 0.259 e. The summed E-state index contributed by atoms with van der Waals surface area (Å²) in [5.41, 5.74) is 3.34. The van der Waals surface area contributed by atoms with E-state index in [2.05, 4.69) is 27.4 Å². The number of aromatic amines is 1. The van der Waals surface area contributed by atoms with E-state index in [0.717, 1.165) is 18.5 Å². The Hall–Kier alpha value is -2.34. The molecule has 1 aliphatic carbocycles. The van der Waals surface area contributed by atoms with E-state index in [9.17, 15) is 9.90 Å². The first-order chi connectivity index (χ1) is 10.7. The third-order valence-electron chi connectivity index (χ3n) is 3.94. The average molecular weight is 301 g/mol. The smallest absolute Gasteiger partial charge is 0.259 e. The molecule has 0 saturated carbocycles. The summed E-state index contributed by atoms with van der Waals surface area (Å²) in [5, 5.41) is 21.7. The van der Waals surface area contributed by atoms with E-state index in [1.165, 1.54) is 17.5 Å². The summed E-state index contributed by atoms with van der Waals surface area (Å²) in [6.45, 7) is -0.0337. The van der Waals surface area contributed by atoms with Crippen molar-refractivity contribution in [1.82, 2.24) is 9.97 Å². The van der Waals surface area contributed by atoms with E-state index in [-0.39, 0.29) is 29.6 Å². The quantitative estimate of drug-likeness (QED) is 0.673. The highest BCUT2D eigenvalue weighted by molar-refractivity contribution is 5.57. The number of nitrogens with one attached hydrogen (secondary N) is 2. The minimum absolute atomic E-state index is 0.0337. The number of nitrogens with zero attached hydrogens (tertiary/aromatic N) is 1. The Labute approximate surface area is 127 Å². The molecule has 0 fully saturated rings. The lowest BCUT2D eigenvalue weighted by atomic mass is 10.1. The zero-order valence-electron chi connectivity index (χ0n) is 12.2. The number of aliphatic hydroxyl groups is 1. The predicted molar refractivity (Wildman–Crippen MR) is 83.7 cm³/mol. The Balaban J connectivity index is 1.82. The molecule has 0 atom stereocenters. The van der Waals surface area contributed by atoms with E-state index in [1.54, 1.807) is 0 Å². The molecule has 116 valence electrons. The number of hydrogen-bond donors (Lipinski definition) is 4. The molecule has 0 unspecified atom stereocenters. The number of aryl methyl sites for hydroxylation is 2. The van der Waals surface area contributed by atoms with Gasteiger partial charge in [-0.15, -0.1) is 0 Å². The van der Waals surface area contributed by atoms with Gasteiger partial charge in [0.25, 0.3) is 5.56 Å². The van der Waals surface area contributed by atoms with Gasteiger partial charge in [0.05, 0.1) is 5.56 Å². The molecule has 22 heavy (non-hydrogen) atoms. The van der Waals surface area contributed by atoms with Gasteiger partial charge in [-0.2, -0.15) is 4.98 Å². The van der Waals surface area contributed by atoms with E-state index in [4.69, 9.17) is 5.11 Å². The Morgan fingerprint density at radius 3 is 2.86 bits per heavy atom. The third-order valence-corrected chi connectivity index (χ3v) is 3.94. The molecule has 0 saturated heterocycles. The molecule has 0 radical (unpaired) electrons. The highest BCUT2D eigenvalue weighted by atomic mass is 16.3. The summed E-state index contributed by atoms with van der Waals surface area (Å²) in [6, 6.07) is 6.08. The van der Waals surface area contributed by atoms with Gasteiger partial charge in [-0.3, -0.25) is 9.78 Å². The summed E-state index contributed by atoms with van der Waals surface area (Å²) in [6.07, 6.45) is 4.07. The Kier molecular flexibility index (Phi) is 4.11. The van der Waals surface area contributed by atoms with Crippen LogP contribution in [0.2, 0.25) is 0 Å². The van der Waals surface area contributed by atoms with Crippen LogP contribution in [0.3, 0.4) is 0 Å². The molecule has 1 aromatic heterocycles. The molecule has 6 nitrogen and oxygen atoms in total. The lowest BCUT2D eigenvalue weighted by Crippen LogP contribution is -2.16. The van der Waals surface area contributed by atoms with E-state index >= 15 is 0 Å². The van der Waals surface area contributed by atoms with Crippen molar-refractivity contribution in [3.8, 4) is 5.88 Å². The first-order valence-electron chi connectivity index (χ1n) is 7.49. The summed E-state index contributed by atoms with van der Waals surface area (Å²) in [4.78, 5) is 18.6. The van der Waals surface area contributed by atoms with Gasteiger partial charge in [-0.25, -0.2) is 0 Å². The fraction of sp³-hybridized carbons (Fsp3) is 0.375. The summed E-state index contributed by atoms with van der Waals surface area (Å²) >= 11 is 0. The second-order valence-corrected chi connectivity index (χ2v) is 5.51. The topological polar surface area (TPSA) is 98.2 Å². The SMILES string of the molecule is O=c1[nH]c(Nc2ccc3c(c2)CCC3)nc(O)c1CCCO. The van der Waals surface area contributed by atoms with Gasteiger partial charge in [0.15, 0.2) is 0 Å². The number of fused-ring (bicyclic) bond motifs is 1. The van der Waals surface area contributed by atoms with Crippen molar-refractivity contribution in [3.63, 3.8) is 0 Å². The van der Waals surface area contributed by atoms with Gasteiger partial charge in [-0.1, -0.05) is 6.07 Å². The molecule has 3 rings (SSSR count). The van der Waals surface area contributed by atoms with Crippen molar-refractivity contribution < 1.29 is 10.2 Å². The molecule has 1 aliphatic rings. The fourth-order valence-electron chi connectivity index (χ4n) is 2.81. The van der Waals surface area contributed by atoms with Crippen molar-refractivity contribution in [2.45, 2.75) is 32.1 Å². The van der Waals surface area contributed by atoms with Crippen LogP contribution < -0.4 is 10.9 Å². The summed E-state index contributed by atoms with van der Waals surface area (Å²) < 4.78 is 0. The number of anilines is 2. The molecule has 1 aromatic carbocycles. The minimum Gasteiger partial charge on any atom is -0.493 e. The number of benzene rings is 1. The van der Waals surface area contributed by atoms with E-state index in [1.807, 2.05) is 6.07 Å². The van der Waals surface area contributed by atoms with Crippen LogP contribution in [0.5, 0.6) is 5.88 Å². The summed E-state index contributed by atoms with van der Waals surface area (Å²) in [7, 11) is 0. The number of rotatable bonds is 5. The lowest BCUT2D eigenvalue weighted by molar-refractivity contribution is 0.287. The molecule has 2 aromatic rings. The van der Waals surface area contributed by atoms with Crippen molar-refractivity contribution in [3.05, 3.63) is 45.2 Å². The van der Waals surface area contributed by atoms with Crippen LogP contribution in [0.1, 0.15) is 29.5 Å². The number of H-pyrrole nitrogens is 1. The Morgan fingerprint density at radius 2 is 2.09 bits per heavy atom. The van der Waals surface area contributed by atoms with Crippen LogP contribution >= 0.6 is 0 Å². The van der Waals surface area contributed by atoms with Crippen molar-refractivity contribution in [2.24, 2.45) is 0 Å². The number of aromatic hydroxyl groups is 1. The third kappa shape index (κ3) is 2.96. The minimum atomic E-state index is -0.385. The molecule has 6 heteroatoms. The van der Waals surface area contributed by atoms with Crippen molar-refractivity contribution in [1.29, 1.82) is 0 Å². The normalized spacial score (nSPS) is 13.1. The van der Waals surface area contributed by atoms with E-state index < -0.39 is 0 Å². The predicted octanol–water partition coefficient (Wildman–Crippen LogP) is 1.63. The molecule has 0 aliphatic heterocycles. The van der Waals surface area contributed by atoms with Gasteiger partial charge in [0.1, 0.15) is 0 Å². The number of hydrogen-bond acceptors (Lipinski definition) is 5. The van der Waals surface area contributed by atoms with Gasteiger partial charge >= 0.3 is 0 Å². The first kappa shape index (κ1) is 14.6. The molecular weight excluding hydrogens is 282 g/mol. The molecular formula is C16H19N3O3. The molecule has 0 spiro atoms. The highest BCUT2D eigenvalue weighted by Gasteiger charge is 2.13. The Bertz CT molecular complexity index is 740. The van der Waals surface area contributed by atoms with Gasteiger partial charge in [0.2, 0.25) is 11.8 Å². The summed E-state index contributed by atoms with van der Waals surface area (Å²) in [5.74, 6) is -0.0749. The molecule has 0 amide bonds. The van der Waals surface area contributed by atoms with Crippen LogP contribution in [-0.4, -0.2) is 26.8 Å². The maximum absolute atomic E-state index is 12.0. The van der Waals surface area contributed by atoms with E-state index in [0.29, 0.717) is 12.8 Å². The van der Waals surface area contributed by atoms with Gasteiger partial charge in [0, 0.05) is 12.3 Å². The van der Waals surface area contributed by atoms with Gasteiger partial charge in [-0.05, 0) is 55.4 Å². The van der Waals surface area contributed by atoms with Crippen molar-refractivity contribution >= 4 is 11.6 Å². The maximum atomic E-state index is 12.0. The Morgan fingerprint density at radius 1 is 1.27 bits per heavy atom. The standard InChI is InChI=1S/C16H19N3O3/c20-8-2-5-13-14(21)18-16(19-15(13)22)17-12-7-6-10-3-1-4-11(10)9-12/h6-7,9,20H,1-5,8H2,(H3,17,18,19,21,22). The monoisotopic (exact) mass is 301 g/mol. The van der Waals surface area contributed by atoms with Crippen LogP contribution in [0, 0.1) is 0 Å².